The second-order valence-corrected chi connectivity index (χ2v) is 6.99. The van der Waals surface area contributed by atoms with E-state index in [2.05, 4.69) is 23.3 Å². The van der Waals surface area contributed by atoms with E-state index in [-0.39, 0.29) is 5.91 Å². The number of thioether (sulfide) groups is 1. The van der Waals surface area contributed by atoms with Gasteiger partial charge in [0.25, 0.3) is 0 Å². The molecule has 0 aliphatic rings. The smallest absolute Gasteiger partial charge is 0.230 e. The molecule has 0 unspecified atom stereocenters. The summed E-state index contributed by atoms with van der Waals surface area (Å²) in [4.78, 5) is 16.7. The maximum atomic E-state index is 12.1. The van der Waals surface area contributed by atoms with E-state index < -0.39 is 0 Å². The van der Waals surface area contributed by atoms with Gasteiger partial charge in [-0.05, 0) is 42.7 Å². The second kappa shape index (κ2) is 8.72. The van der Waals surface area contributed by atoms with Crippen LogP contribution in [-0.2, 0) is 11.2 Å². The first-order valence-corrected chi connectivity index (χ1v) is 9.53. The number of benzene rings is 2. The Balaban J connectivity index is 1.51. The van der Waals surface area contributed by atoms with E-state index in [9.17, 15) is 4.79 Å². The van der Waals surface area contributed by atoms with Gasteiger partial charge in [-0.25, -0.2) is 4.98 Å². The van der Waals surface area contributed by atoms with E-state index in [0.29, 0.717) is 12.3 Å². The summed E-state index contributed by atoms with van der Waals surface area (Å²) in [6.07, 6.45) is 0.744. The minimum Gasteiger partial charge on any atom is -0.496 e. The zero-order chi connectivity index (χ0) is 18.4. The molecule has 134 valence electrons. The van der Waals surface area contributed by atoms with Gasteiger partial charge in [-0.2, -0.15) is 0 Å². The quantitative estimate of drug-likeness (QED) is 0.642. The molecule has 3 aromatic rings. The third-order valence-electron chi connectivity index (χ3n) is 4.16. The van der Waals surface area contributed by atoms with Crippen molar-refractivity contribution < 1.29 is 9.53 Å². The highest BCUT2D eigenvalue weighted by Gasteiger charge is 2.07. The first-order valence-electron chi connectivity index (χ1n) is 8.55. The summed E-state index contributed by atoms with van der Waals surface area (Å²) < 4.78 is 5.33. The predicted octanol–water partition coefficient (Wildman–Crippen LogP) is 4.00. The first kappa shape index (κ1) is 18.3. The van der Waals surface area contributed by atoms with Crippen molar-refractivity contribution in [1.29, 1.82) is 0 Å². The Labute approximate surface area is 158 Å². The molecule has 0 atom stereocenters. The largest absolute Gasteiger partial charge is 0.496 e. The van der Waals surface area contributed by atoms with Gasteiger partial charge in [0, 0.05) is 11.9 Å². The number of aryl methyl sites for hydroxylation is 1. The molecule has 0 aliphatic heterocycles. The molecule has 0 saturated heterocycles. The SMILES string of the molecule is COc1ccccc1CCNC(=O)CSc1cc(C)c2ccccc2n1. The van der Waals surface area contributed by atoms with Crippen LogP contribution in [0.3, 0.4) is 0 Å². The van der Waals surface area contributed by atoms with Crippen LogP contribution in [0.25, 0.3) is 10.9 Å². The van der Waals surface area contributed by atoms with Crippen LogP contribution >= 0.6 is 11.8 Å². The number of nitrogens with one attached hydrogen (secondary N) is 1. The number of nitrogens with zero attached hydrogens (tertiary/aromatic N) is 1. The molecule has 2 aromatic carbocycles. The van der Waals surface area contributed by atoms with Crippen LogP contribution in [0.5, 0.6) is 5.75 Å². The van der Waals surface area contributed by atoms with Gasteiger partial charge >= 0.3 is 0 Å². The second-order valence-electron chi connectivity index (χ2n) is 6.00. The molecule has 0 aliphatic carbocycles. The van der Waals surface area contributed by atoms with Gasteiger partial charge in [0.15, 0.2) is 0 Å². The van der Waals surface area contributed by atoms with Crippen molar-refractivity contribution in [2.45, 2.75) is 18.4 Å². The molecule has 0 bridgehead atoms. The number of aromatic nitrogens is 1. The van der Waals surface area contributed by atoms with Crippen molar-refractivity contribution in [3.8, 4) is 5.75 Å². The van der Waals surface area contributed by atoms with Gasteiger partial charge in [-0.15, -0.1) is 0 Å². The van der Waals surface area contributed by atoms with E-state index >= 15 is 0 Å². The standard InChI is InChI=1S/C21H22N2O2S/c1-15-13-21(23-18-9-5-4-8-17(15)18)26-14-20(24)22-12-11-16-7-3-6-10-19(16)25-2/h3-10,13H,11-12,14H2,1-2H3,(H,22,24). The highest BCUT2D eigenvalue weighted by molar-refractivity contribution is 7.99. The molecule has 1 heterocycles. The zero-order valence-electron chi connectivity index (χ0n) is 15.0. The summed E-state index contributed by atoms with van der Waals surface area (Å²) >= 11 is 1.46. The Kier molecular flexibility index (Phi) is 6.12. The molecular weight excluding hydrogens is 344 g/mol. The Hall–Kier alpha value is -2.53. The Morgan fingerprint density at radius 3 is 2.77 bits per heavy atom. The highest BCUT2D eigenvalue weighted by atomic mass is 32.2. The van der Waals surface area contributed by atoms with Crippen LogP contribution in [0, 0.1) is 6.92 Å². The highest BCUT2D eigenvalue weighted by Crippen LogP contribution is 2.23. The molecule has 0 spiro atoms. The van der Waals surface area contributed by atoms with Crippen LogP contribution in [0.1, 0.15) is 11.1 Å². The molecule has 1 N–H and O–H groups in total. The van der Waals surface area contributed by atoms with Crippen molar-refractivity contribution in [3.05, 3.63) is 65.7 Å². The monoisotopic (exact) mass is 366 g/mol. The number of hydrogen-bond acceptors (Lipinski definition) is 4. The van der Waals surface area contributed by atoms with Crippen molar-refractivity contribution in [2.75, 3.05) is 19.4 Å². The molecule has 0 radical (unpaired) electrons. The number of ether oxygens (including phenoxy) is 1. The maximum Gasteiger partial charge on any atom is 0.230 e. The van der Waals surface area contributed by atoms with Crippen LogP contribution in [0.2, 0.25) is 0 Å². The van der Waals surface area contributed by atoms with Crippen molar-refractivity contribution in [1.82, 2.24) is 10.3 Å². The van der Waals surface area contributed by atoms with Gasteiger partial charge in [0.1, 0.15) is 5.75 Å². The lowest BCUT2D eigenvalue weighted by atomic mass is 10.1. The number of fused-ring (bicyclic) bond motifs is 1. The fraction of sp³-hybridized carbons (Fsp3) is 0.238. The molecule has 1 amide bonds. The van der Waals surface area contributed by atoms with E-state index in [1.807, 2.05) is 48.5 Å². The average molecular weight is 366 g/mol. The summed E-state index contributed by atoms with van der Waals surface area (Å²) in [6, 6.07) is 18.0. The van der Waals surface area contributed by atoms with Crippen LogP contribution in [0.4, 0.5) is 0 Å². The first-order chi connectivity index (χ1) is 12.7. The lowest BCUT2D eigenvalue weighted by Crippen LogP contribution is -2.27. The molecule has 5 heteroatoms. The maximum absolute atomic E-state index is 12.1. The molecular formula is C21H22N2O2S. The molecule has 3 rings (SSSR count). The summed E-state index contributed by atoms with van der Waals surface area (Å²) in [5, 5.41) is 4.99. The molecule has 4 nitrogen and oxygen atoms in total. The molecule has 26 heavy (non-hydrogen) atoms. The van der Waals surface area contributed by atoms with E-state index in [0.717, 1.165) is 33.7 Å². The fourth-order valence-corrected chi connectivity index (χ4v) is 3.63. The number of para-hydroxylation sites is 2. The van der Waals surface area contributed by atoms with Crippen LogP contribution in [-0.4, -0.2) is 30.3 Å². The Bertz CT molecular complexity index is 911. The number of amides is 1. The van der Waals surface area contributed by atoms with Gasteiger partial charge in [-0.3, -0.25) is 4.79 Å². The minimum atomic E-state index is 0.0116. The third-order valence-corrected chi connectivity index (χ3v) is 5.07. The lowest BCUT2D eigenvalue weighted by molar-refractivity contribution is -0.118. The van der Waals surface area contributed by atoms with E-state index in [1.54, 1.807) is 7.11 Å². The Morgan fingerprint density at radius 1 is 1.15 bits per heavy atom. The number of carbonyl (C=O) groups excluding carboxylic acids is 1. The molecule has 0 saturated carbocycles. The molecule has 1 aromatic heterocycles. The van der Waals surface area contributed by atoms with Crippen molar-refractivity contribution in [3.63, 3.8) is 0 Å². The summed E-state index contributed by atoms with van der Waals surface area (Å²) in [6.45, 7) is 2.66. The minimum absolute atomic E-state index is 0.0116. The summed E-state index contributed by atoms with van der Waals surface area (Å²) in [7, 11) is 1.66. The lowest BCUT2D eigenvalue weighted by Gasteiger charge is -2.09. The summed E-state index contributed by atoms with van der Waals surface area (Å²) in [5.74, 6) is 1.22. The number of carbonyl (C=O) groups is 1. The van der Waals surface area contributed by atoms with Crippen LogP contribution < -0.4 is 10.1 Å². The van der Waals surface area contributed by atoms with E-state index in [1.165, 1.54) is 17.3 Å². The van der Waals surface area contributed by atoms with Gasteiger partial charge in [-0.1, -0.05) is 48.2 Å². The number of rotatable bonds is 7. The fourth-order valence-electron chi connectivity index (χ4n) is 2.83. The van der Waals surface area contributed by atoms with Crippen molar-refractivity contribution >= 4 is 28.6 Å². The zero-order valence-corrected chi connectivity index (χ0v) is 15.8. The third kappa shape index (κ3) is 4.55. The normalized spacial score (nSPS) is 10.7. The topological polar surface area (TPSA) is 51.2 Å². The molecule has 0 fully saturated rings. The summed E-state index contributed by atoms with van der Waals surface area (Å²) in [5.41, 5.74) is 3.23. The average Bonchev–Trinajstić information content (AvgIpc) is 2.67. The van der Waals surface area contributed by atoms with Gasteiger partial charge in [0.2, 0.25) is 5.91 Å². The van der Waals surface area contributed by atoms with Gasteiger partial charge < -0.3 is 10.1 Å². The number of methoxy groups -OCH3 is 1. The number of hydrogen-bond donors (Lipinski definition) is 1. The van der Waals surface area contributed by atoms with Crippen LogP contribution in [0.15, 0.2) is 59.6 Å². The Morgan fingerprint density at radius 2 is 1.92 bits per heavy atom. The van der Waals surface area contributed by atoms with Gasteiger partial charge in [0.05, 0.1) is 23.4 Å². The van der Waals surface area contributed by atoms with Crippen molar-refractivity contribution in [2.24, 2.45) is 0 Å². The predicted molar refractivity (Wildman–Crippen MR) is 107 cm³/mol. The number of pyridine rings is 1. The van der Waals surface area contributed by atoms with E-state index in [4.69, 9.17) is 4.74 Å².